The van der Waals surface area contributed by atoms with Gasteiger partial charge < -0.3 is 30.7 Å². The number of phenolic OH excluding ortho intramolecular Hbond substituents is 2. The standard InChI is InChI=1S/C18H25N7O4/c1-4-11(9-26)20-18-21-16(13-17(22-18)25(5-2)24-23-13)19-8-10-6-7-12(29-3)15(28)14(10)27/h6-7,11,26-28H,4-5,8-9H2,1-3H3,(H2,19,20,21,22). The van der Waals surface area contributed by atoms with Gasteiger partial charge in [-0.05, 0) is 25.5 Å². The van der Waals surface area contributed by atoms with Crippen molar-refractivity contribution in [1.82, 2.24) is 25.0 Å². The van der Waals surface area contributed by atoms with Crippen molar-refractivity contribution in [2.75, 3.05) is 24.4 Å². The molecule has 3 rings (SSSR count). The van der Waals surface area contributed by atoms with Gasteiger partial charge in [0.05, 0.1) is 19.8 Å². The van der Waals surface area contributed by atoms with Crippen LogP contribution in [0.2, 0.25) is 0 Å². The van der Waals surface area contributed by atoms with Crippen LogP contribution in [0.3, 0.4) is 0 Å². The molecular weight excluding hydrogens is 378 g/mol. The maximum absolute atomic E-state index is 10.2. The largest absolute Gasteiger partial charge is 0.504 e. The fourth-order valence-electron chi connectivity index (χ4n) is 2.81. The summed E-state index contributed by atoms with van der Waals surface area (Å²) in [5.41, 5.74) is 1.48. The molecule has 2 aromatic heterocycles. The third-order valence-electron chi connectivity index (χ3n) is 4.57. The highest BCUT2D eigenvalue weighted by Crippen LogP contribution is 2.38. The summed E-state index contributed by atoms with van der Waals surface area (Å²) in [4.78, 5) is 8.93. The van der Waals surface area contributed by atoms with E-state index in [-0.39, 0.29) is 36.4 Å². The summed E-state index contributed by atoms with van der Waals surface area (Å²) < 4.78 is 6.63. The van der Waals surface area contributed by atoms with Crippen molar-refractivity contribution in [3.63, 3.8) is 0 Å². The van der Waals surface area contributed by atoms with Crippen LogP contribution in [-0.2, 0) is 13.1 Å². The van der Waals surface area contributed by atoms with E-state index < -0.39 is 0 Å². The molecule has 29 heavy (non-hydrogen) atoms. The van der Waals surface area contributed by atoms with E-state index in [2.05, 4.69) is 30.9 Å². The summed E-state index contributed by atoms with van der Waals surface area (Å²) in [5.74, 6) is 0.332. The van der Waals surface area contributed by atoms with Crippen molar-refractivity contribution in [3.05, 3.63) is 17.7 Å². The van der Waals surface area contributed by atoms with Gasteiger partial charge in [0, 0.05) is 18.7 Å². The van der Waals surface area contributed by atoms with Crippen LogP contribution in [0.4, 0.5) is 11.8 Å². The molecule has 0 fully saturated rings. The van der Waals surface area contributed by atoms with E-state index in [4.69, 9.17) is 4.74 Å². The van der Waals surface area contributed by atoms with Gasteiger partial charge in [0.15, 0.2) is 28.5 Å². The number of rotatable bonds is 9. The number of hydrogen-bond acceptors (Lipinski definition) is 10. The van der Waals surface area contributed by atoms with Gasteiger partial charge in [0.2, 0.25) is 11.7 Å². The zero-order valence-electron chi connectivity index (χ0n) is 16.5. The normalized spacial score (nSPS) is 12.1. The lowest BCUT2D eigenvalue weighted by Crippen LogP contribution is -2.24. The first-order valence-electron chi connectivity index (χ1n) is 9.32. The Morgan fingerprint density at radius 2 is 1.97 bits per heavy atom. The van der Waals surface area contributed by atoms with Crippen LogP contribution in [0, 0.1) is 0 Å². The number of phenols is 2. The van der Waals surface area contributed by atoms with Crippen molar-refractivity contribution in [1.29, 1.82) is 0 Å². The second-order valence-electron chi connectivity index (χ2n) is 6.38. The highest BCUT2D eigenvalue weighted by Gasteiger charge is 2.17. The van der Waals surface area contributed by atoms with Crippen LogP contribution in [-0.4, -0.2) is 60.0 Å². The Bertz CT molecular complexity index is 988. The molecule has 0 bridgehead atoms. The van der Waals surface area contributed by atoms with E-state index in [9.17, 15) is 15.3 Å². The summed E-state index contributed by atoms with van der Waals surface area (Å²) in [7, 11) is 1.41. The topological polar surface area (TPSA) is 150 Å². The van der Waals surface area contributed by atoms with Gasteiger partial charge in [0.25, 0.3) is 0 Å². The zero-order valence-corrected chi connectivity index (χ0v) is 16.5. The van der Waals surface area contributed by atoms with Gasteiger partial charge in [-0.3, -0.25) is 0 Å². The van der Waals surface area contributed by atoms with E-state index in [0.717, 1.165) is 0 Å². The van der Waals surface area contributed by atoms with Crippen molar-refractivity contribution in [2.45, 2.75) is 39.4 Å². The van der Waals surface area contributed by atoms with Gasteiger partial charge >= 0.3 is 0 Å². The molecule has 156 valence electrons. The van der Waals surface area contributed by atoms with E-state index in [1.807, 2.05) is 13.8 Å². The first-order valence-corrected chi connectivity index (χ1v) is 9.32. The molecule has 0 saturated carbocycles. The number of aliphatic hydroxyl groups excluding tert-OH is 1. The fourth-order valence-corrected chi connectivity index (χ4v) is 2.81. The smallest absolute Gasteiger partial charge is 0.227 e. The fraction of sp³-hybridized carbons (Fsp3) is 0.444. The summed E-state index contributed by atoms with van der Waals surface area (Å²) in [5, 5.41) is 44.1. The number of aromatic nitrogens is 5. The van der Waals surface area contributed by atoms with Gasteiger partial charge in [-0.25, -0.2) is 4.68 Å². The summed E-state index contributed by atoms with van der Waals surface area (Å²) in [6, 6.07) is 3.02. The maximum Gasteiger partial charge on any atom is 0.227 e. The van der Waals surface area contributed by atoms with E-state index in [0.29, 0.717) is 41.5 Å². The van der Waals surface area contributed by atoms with E-state index >= 15 is 0 Å². The Hall–Kier alpha value is -3.34. The molecule has 0 saturated heterocycles. The summed E-state index contributed by atoms with van der Waals surface area (Å²) in [6.07, 6.45) is 0.699. The SMILES string of the molecule is CCC(CO)Nc1nc(NCc2ccc(OC)c(O)c2O)c2nnn(CC)c2n1. The Labute approximate surface area is 167 Å². The molecule has 1 atom stereocenters. The Balaban J connectivity index is 1.93. The first kappa shape index (κ1) is 20.4. The molecule has 0 radical (unpaired) electrons. The molecule has 2 heterocycles. The number of ether oxygens (including phenoxy) is 1. The first-order chi connectivity index (χ1) is 14.0. The molecule has 1 unspecified atom stereocenters. The average molecular weight is 403 g/mol. The third kappa shape index (κ3) is 4.09. The molecule has 1 aromatic carbocycles. The molecule has 11 heteroatoms. The van der Waals surface area contributed by atoms with Crippen LogP contribution in [0.5, 0.6) is 17.2 Å². The Kier molecular flexibility index (Phi) is 6.17. The van der Waals surface area contributed by atoms with Crippen molar-refractivity contribution in [3.8, 4) is 17.2 Å². The minimum Gasteiger partial charge on any atom is -0.504 e. The number of nitrogens with zero attached hydrogens (tertiary/aromatic N) is 5. The third-order valence-corrected chi connectivity index (χ3v) is 4.57. The number of aliphatic hydroxyl groups is 1. The number of fused-ring (bicyclic) bond motifs is 1. The molecule has 5 N–H and O–H groups in total. The van der Waals surface area contributed by atoms with E-state index in [1.54, 1.807) is 16.8 Å². The minimum atomic E-state index is -0.326. The van der Waals surface area contributed by atoms with Crippen molar-refractivity contribution in [2.24, 2.45) is 0 Å². The van der Waals surface area contributed by atoms with Crippen LogP contribution in [0.1, 0.15) is 25.8 Å². The molecule has 0 spiro atoms. The van der Waals surface area contributed by atoms with Gasteiger partial charge in [-0.15, -0.1) is 5.10 Å². The predicted molar refractivity (Wildman–Crippen MR) is 107 cm³/mol. The number of anilines is 2. The van der Waals surface area contributed by atoms with Crippen molar-refractivity contribution >= 4 is 22.9 Å². The van der Waals surface area contributed by atoms with Gasteiger partial charge in [0.1, 0.15) is 0 Å². The Morgan fingerprint density at radius 1 is 1.17 bits per heavy atom. The second kappa shape index (κ2) is 8.78. The zero-order chi connectivity index (χ0) is 21.0. The van der Waals surface area contributed by atoms with Crippen LogP contribution < -0.4 is 15.4 Å². The van der Waals surface area contributed by atoms with Crippen LogP contribution in [0.15, 0.2) is 12.1 Å². The Morgan fingerprint density at radius 3 is 2.62 bits per heavy atom. The number of aromatic hydroxyl groups is 2. The van der Waals surface area contributed by atoms with Crippen LogP contribution in [0.25, 0.3) is 11.2 Å². The molecule has 0 aliphatic carbocycles. The molecule has 3 aromatic rings. The number of aryl methyl sites for hydroxylation is 1. The quantitative estimate of drug-likeness (QED) is 0.332. The summed E-state index contributed by atoms with van der Waals surface area (Å²) in [6.45, 7) is 4.58. The lowest BCUT2D eigenvalue weighted by Gasteiger charge is -2.15. The maximum atomic E-state index is 10.2. The molecule has 0 aliphatic rings. The lowest BCUT2D eigenvalue weighted by atomic mass is 10.1. The lowest BCUT2D eigenvalue weighted by molar-refractivity contribution is 0.271. The predicted octanol–water partition coefficient (Wildman–Crippen LogP) is 1.46. The van der Waals surface area contributed by atoms with Crippen molar-refractivity contribution < 1.29 is 20.1 Å². The van der Waals surface area contributed by atoms with Gasteiger partial charge in [-0.2, -0.15) is 9.97 Å². The monoisotopic (exact) mass is 403 g/mol. The van der Waals surface area contributed by atoms with E-state index in [1.165, 1.54) is 7.11 Å². The molecule has 0 amide bonds. The molecule has 0 aliphatic heterocycles. The number of methoxy groups -OCH3 is 1. The highest BCUT2D eigenvalue weighted by atomic mass is 16.5. The summed E-state index contributed by atoms with van der Waals surface area (Å²) >= 11 is 0. The average Bonchev–Trinajstić information content (AvgIpc) is 3.16. The number of benzene rings is 1. The number of nitrogens with one attached hydrogen (secondary N) is 2. The van der Waals surface area contributed by atoms with Crippen LogP contribution >= 0.6 is 0 Å². The minimum absolute atomic E-state index is 0.0506. The highest BCUT2D eigenvalue weighted by molar-refractivity contribution is 5.83. The second-order valence-corrected chi connectivity index (χ2v) is 6.38. The molecule has 11 nitrogen and oxygen atoms in total. The number of hydrogen-bond donors (Lipinski definition) is 5. The van der Waals surface area contributed by atoms with Gasteiger partial charge in [-0.1, -0.05) is 12.1 Å². The molecular formula is C18H25N7O4.